The molecular weight excluding hydrogens is 320 g/mol. The molecule has 24 heavy (non-hydrogen) atoms. The molecule has 3 fully saturated rings. The summed E-state index contributed by atoms with van der Waals surface area (Å²) in [6.45, 7) is 6.03. The Morgan fingerprint density at radius 1 is 1.12 bits per heavy atom. The number of nitrogens with zero attached hydrogens (tertiary/aromatic N) is 1. The average Bonchev–Trinajstić information content (AvgIpc) is 3.19. The SMILES string of the molecule is Cl.c1cc(CN2CCC3(CCNCC3)C2)cc(OC2CCCC2)c1. The minimum atomic E-state index is 0. The highest BCUT2D eigenvalue weighted by atomic mass is 35.5. The van der Waals surface area contributed by atoms with Crippen molar-refractivity contribution in [2.75, 3.05) is 26.2 Å². The lowest BCUT2D eigenvalue weighted by molar-refractivity contribution is 0.193. The predicted molar refractivity (Wildman–Crippen MR) is 101 cm³/mol. The van der Waals surface area contributed by atoms with Crippen molar-refractivity contribution >= 4 is 12.4 Å². The number of hydrogen-bond donors (Lipinski definition) is 1. The Morgan fingerprint density at radius 2 is 1.92 bits per heavy atom. The maximum absolute atomic E-state index is 6.16. The Balaban J connectivity index is 0.00000169. The first kappa shape index (κ1) is 18.0. The second kappa shape index (κ2) is 8.07. The fraction of sp³-hybridized carbons (Fsp3) is 0.700. The smallest absolute Gasteiger partial charge is 0.120 e. The highest BCUT2D eigenvalue weighted by molar-refractivity contribution is 5.85. The molecule has 1 N–H and O–H groups in total. The molecule has 1 aromatic rings. The lowest BCUT2D eigenvalue weighted by atomic mass is 9.78. The summed E-state index contributed by atoms with van der Waals surface area (Å²) < 4.78 is 6.16. The first-order valence-electron chi connectivity index (χ1n) is 9.50. The van der Waals surface area contributed by atoms with E-state index in [2.05, 4.69) is 34.5 Å². The lowest BCUT2D eigenvalue weighted by Gasteiger charge is -2.34. The first-order valence-corrected chi connectivity index (χ1v) is 9.50. The molecule has 4 heteroatoms. The van der Waals surface area contributed by atoms with Gasteiger partial charge in [-0.15, -0.1) is 12.4 Å². The van der Waals surface area contributed by atoms with E-state index >= 15 is 0 Å². The molecule has 1 saturated carbocycles. The predicted octanol–water partition coefficient (Wildman–Crippen LogP) is 4.01. The van der Waals surface area contributed by atoms with Crippen molar-refractivity contribution in [1.29, 1.82) is 0 Å². The summed E-state index contributed by atoms with van der Waals surface area (Å²) in [4.78, 5) is 2.65. The van der Waals surface area contributed by atoms with Crippen molar-refractivity contribution in [3.05, 3.63) is 29.8 Å². The molecule has 0 radical (unpaired) electrons. The van der Waals surface area contributed by atoms with Gasteiger partial charge in [-0.2, -0.15) is 0 Å². The minimum absolute atomic E-state index is 0. The molecule has 1 aliphatic carbocycles. The van der Waals surface area contributed by atoms with Crippen LogP contribution in [0.4, 0.5) is 0 Å². The summed E-state index contributed by atoms with van der Waals surface area (Å²) in [7, 11) is 0. The van der Waals surface area contributed by atoms with E-state index in [1.165, 1.54) is 76.7 Å². The van der Waals surface area contributed by atoms with E-state index in [0.29, 0.717) is 11.5 Å². The zero-order valence-electron chi connectivity index (χ0n) is 14.6. The standard InChI is InChI=1S/C20H30N2O.ClH/c1-2-6-18(5-1)23-19-7-3-4-17(14-19)15-22-13-10-20(16-22)8-11-21-12-9-20;/h3-4,7,14,18,21H,1-2,5-6,8-13,15-16H2;1H. The molecule has 0 unspecified atom stereocenters. The van der Waals surface area contributed by atoms with Crippen LogP contribution in [-0.2, 0) is 6.54 Å². The van der Waals surface area contributed by atoms with E-state index in [-0.39, 0.29) is 12.4 Å². The normalized spacial score (nSPS) is 24.2. The van der Waals surface area contributed by atoms with Crippen LogP contribution in [0, 0.1) is 5.41 Å². The second-order valence-electron chi connectivity index (χ2n) is 7.88. The van der Waals surface area contributed by atoms with Gasteiger partial charge in [0.25, 0.3) is 0 Å². The maximum atomic E-state index is 6.16. The van der Waals surface area contributed by atoms with Crippen LogP contribution in [0.1, 0.15) is 50.5 Å². The highest BCUT2D eigenvalue weighted by Crippen LogP contribution is 2.39. The summed E-state index contributed by atoms with van der Waals surface area (Å²) >= 11 is 0. The topological polar surface area (TPSA) is 24.5 Å². The van der Waals surface area contributed by atoms with E-state index < -0.39 is 0 Å². The molecule has 1 aromatic carbocycles. The first-order chi connectivity index (χ1) is 11.3. The van der Waals surface area contributed by atoms with Gasteiger partial charge in [-0.25, -0.2) is 0 Å². The Morgan fingerprint density at radius 3 is 2.71 bits per heavy atom. The van der Waals surface area contributed by atoms with Crippen LogP contribution in [0.25, 0.3) is 0 Å². The van der Waals surface area contributed by atoms with Gasteiger partial charge in [-0.05, 0) is 87.7 Å². The summed E-state index contributed by atoms with van der Waals surface area (Å²) in [6, 6.07) is 8.82. The van der Waals surface area contributed by atoms with E-state index in [0.717, 1.165) is 12.3 Å². The van der Waals surface area contributed by atoms with Crippen LogP contribution in [0.15, 0.2) is 24.3 Å². The van der Waals surface area contributed by atoms with Crippen molar-refractivity contribution < 1.29 is 4.74 Å². The van der Waals surface area contributed by atoms with Gasteiger partial charge in [0.15, 0.2) is 0 Å². The molecule has 2 aliphatic heterocycles. The van der Waals surface area contributed by atoms with Crippen LogP contribution in [0.5, 0.6) is 5.75 Å². The van der Waals surface area contributed by atoms with E-state index in [1.807, 2.05) is 0 Å². The van der Waals surface area contributed by atoms with E-state index in [1.54, 1.807) is 0 Å². The summed E-state index contributed by atoms with van der Waals surface area (Å²) in [6.07, 6.45) is 9.66. The van der Waals surface area contributed by atoms with Crippen molar-refractivity contribution in [3.8, 4) is 5.75 Å². The largest absolute Gasteiger partial charge is 0.490 e. The van der Waals surface area contributed by atoms with Gasteiger partial charge in [-0.1, -0.05) is 12.1 Å². The Bertz CT molecular complexity index is 524. The third-order valence-electron chi connectivity index (χ3n) is 6.09. The molecule has 134 valence electrons. The van der Waals surface area contributed by atoms with Crippen molar-refractivity contribution in [2.24, 2.45) is 5.41 Å². The third-order valence-corrected chi connectivity index (χ3v) is 6.09. The van der Waals surface area contributed by atoms with Gasteiger partial charge >= 0.3 is 0 Å². The summed E-state index contributed by atoms with van der Waals surface area (Å²) in [5.41, 5.74) is 2.01. The van der Waals surface area contributed by atoms with Gasteiger partial charge in [0.1, 0.15) is 5.75 Å². The zero-order valence-corrected chi connectivity index (χ0v) is 15.5. The minimum Gasteiger partial charge on any atom is -0.490 e. The fourth-order valence-electron chi connectivity index (χ4n) is 4.70. The van der Waals surface area contributed by atoms with Gasteiger partial charge < -0.3 is 10.1 Å². The molecule has 2 saturated heterocycles. The average molecular weight is 351 g/mol. The molecule has 3 nitrogen and oxygen atoms in total. The monoisotopic (exact) mass is 350 g/mol. The molecule has 2 heterocycles. The maximum Gasteiger partial charge on any atom is 0.120 e. The number of piperidine rings is 1. The Hall–Kier alpha value is -0.770. The van der Waals surface area contributed by atoms with Crippen molar-refractivity contribution in [1.82, 2.24) is 10.2 Å². The molecule has 0 aromatic heterocycles. The number of hydrogen-bond acceptors (Lipinski definition) is 3. The molecule has 4 rings (SSSR count). The summed E-state index contributed by atoms with van der Waals surface area (Å²) in [5.74, 6) is 1.07. The fourth-order valence-corrected chi connectivity index (χ4v) is 4.70. The quantitative estimate of drug-likeness (QED) is 0.888. The third kappa shape index (κ3) is 4.25. The highest BCUT2D eigenvalue weighted by Gasteiger charge is 2.38. The Labute approximate surface area is 152 Å². The number of benzene rings is 1. The van der Waals surface area contributed by atoms with E-state index in [4.69, 9.17) is 4.74 Å². The molecule has 0 atom stereocenters. The zero-order chi connectivity index (χ0) is 15.5. The van der Waals surface area contributed by atoms with Gasteiger partial charge in [0, 0.05) is 13.1 Å². The molecule has 0 amide bonds. The Kier molecular flexibility index (Phi) is 6.07. The molecular formula is C20H31ClN2O. The number of nitrogens with one attached hydrogen (secondary N) is 1. The van der Waals surface area contributed by atoms with Crippen LogP contribution >= 0.6 is 12.4 Å². The van der Waals surface area contributed by atoms with Gasteiger partial charge in [0.2, 0.25) is 0 Å². The van der Waals surface area contributed by atoms with Crippen LogP contribution in [0.2, 0.25) is 0 Å². The number of likely N-dealkylation sites (tertiary alicyclic amines) is 1. The number of halogens is 1. The van der Waals surface area contributed by atoms with Crippen molar-refractivity contribution in [2.45, 2.75) is 57.6 Å². The lowest BCUT2D eigenvalue weighted by Crippen LogP contribution is -2.38. The molecule has 1 spiro atoms. The number of rotatable bonds is 4. The summed E-state index contributed by atoms with van der Waals surface area (Å²) in [5, 5.41) is 3.51. The van der Waals surface area contributed by atoms with Crippen LogP contribution in [-0.4, -0.2) is 37.2 Å². The van der Waals surface area contributed by atoms with Crippen LogP contribution in [0.3, 0.4) is 0 Å². The molecule has 0 bridgehead atoms. The van der Waals surface area contributed by atoms with Gasteiger partial charge in [0.05, 0.1) is 6.10 Å². The van der Waals surface area contributed by atoms with Crippen molar-refractivity contribution in [3.63, 3.8) is 0 Å². The van der Waals surface area contributed by atoms with E-state index in [9.17, 15) is 0 Å². The van der Waals surface area contributed by atoms with Crippen LogP contribution < -0.4 is 10.1 Å². The molecule has 3 aliphatic rings. The number of ether oxygens (including phenoxy) is 1. The second-order valence-corrected chi connectivity index (χ2v) is 7.88. The van der Waals surface area contributed by atoms with Gasteiger partial charge in [-0.3, -0.25) is 4.90 Å².